The van der Waals surface area contributed by atoms with Gasteiger partial charge < -0.3 is 15.0 Å². The van der Waals surface area contributed by atoms with E-state index in [1.54, 1.807) is 0 Å². The molecule has 0 unspecified atom stereocenters. The van der Waals surface area contributed by atoms with E-state index in [4.69, 9.17) is 4.74 Å². The number of carbonyl (C=O) groups excluding carboxylic acids is 2. The number of para-hydroxylation sites is 1. The molecule has 0 aliphatic carbocycles. The van der Waals surface area contributed by atoms with Gasteiger partial charge in [0.2, 0.25) is 11.8 Å². The van der Waals surface area contributed by atoms with Gasteiger partial charge in [-0.15, -0.1) is 0 Å². The lowest BCUT2D eigenvalue weighted by Crippen LogP contribution is -2.53. The first kappa shape index (κ1) is 20.8. The molecular formula is C21H32N4O3. The number of hydrogen-bond donors (Lipinski definition) is 1. The molecule has 2 amide bonds. The van der Waals surface area contributed by atoms with Crippen molar-refractivity contribution in [3.63, 3.8) is 0 Å². The first-order chi connectivity index (χ1) is 13.6. The van der Waals surface area contributed by atoms with Crippen molar-refractivity contribution in [2.75, 3.05) is 70.9 Å². The lowest BCUT2D eigenvalue weighted by atomic mass is 10.1. The Labute approximate surface area is 167 Å². The first-order valence-corrected chi connectivity index (χ1v) is 10.3. The summed E-state index contributed by atoms with van der Waals surface area (Å²) in [7, 11) is 0. The molecule has 7 nitrogen and oxygen atoms in total. The Morgan fingerprint density at radius 3 is 2.36 bits per heavy atom. The standard InChI is InChI=1S/C21H32N4O3/c1-3-18-6-4-5-17(2)21(18)22-19(26)15-23-7-9-25(10-8-23)20(27)16-24-11-13-28-14-12-24/h4-6H,3,7-16H2,1-2H3,(H,22,26). The van der Waals surface area contributed by atoms with Crippen LogP contribution in [0.15, 0.2) is 18.2 Å². The monoisotopic (exact) mass is 388 g/mol. The zero-order chi connectivity index (χ0) is 19.9. The minimum absolute atomic E-state index is 0.0112. The molecule has 0 spiro atoms. The molecule has 1 aromatic carbocycles. The SMILES string of the molecule is CCc1cccc(C)c1NC(=O)CN1CCN(C(=O)CN2CCOCC2)CC1. The van der Waals surface area contributed by atoms with E-state index in [1.807, 2.05) is 24.0 Å². The van der Waals surface area contributed by atoms with Crippen molar-refractivity contribution in [3.05, 3.63) is 29.3 Å². The molecule has 0 atom stereocenters. The fraction of sp³-hybridized carbons (Fsp3) is 0.619. The smallest absolute Gasteiger partial charge is 0.238 e. The Kier molecular flexibility index (Phi) is 7.42. The normalized spacial score (nSPS) is 18.9. The molecule has 1 aromatic rings. The number of rotatable bonds is 6. The van der Waals surface area contributed by atoms with Crippen LogP contribution >= 0.6 is 0 Å². The molecule has 2 saturated heterocycles. The summed E-state index contributed by atoms with van der Waals surface area (Å²) in [6.07, 6.45) is 0.890. The van der Waals surface area contributed by atoms with Crippen molar-refractivity contribution >= 4 is 17.5 Å². The molecule has 2 aliphatic heterocycles. The van der Waals surface area contributed by atoms with E-state index in [1.165, 1.54) is 0 Å². The maximum Gasteiger partial charge on any atom is 0.238 e. The van der Waals surface area contributed by atoms with Crippen LogP contribution in [0.1, 0.15) is 18.1 Å². The highest BCUT2D eigenvalue weighted by atomic mass is 16.5. The number of nitrogens with zero attached hydrogens (tertiary/aromatic N) is 3. The molecule has 154 valence electrons. The number of aryl methyl sites for hydroxylation is 2. The van der Waals surface area contributed by atoms with Crippen LogP contribution in [-0.2, 0) is 20.7 Å². The van der Waals surface area contributed by atoms with Crippen molar-refractivity contribution in [2.45, 2.75) is 20.3 Å². The molecule has 0 bridgehead atoms. The highest BCUT2D eigenvalue weighted by molar-refractivity contribution is 5.93. The van der Waals surface area contributed by atoms with Crippen LogP contribution in [-0.4, -0.2) is 92.1 Å². The van der Waals surface area contributed by atoms with Gasteiger partial charge in [-0.2, -0.15) is 0 Å². The quantitative estimate of drug-likeness (QED) is 0.787. The highest BCUT2D eigenvalue weighted by Crippen LogP contribution is 2.21. The lowest BCUT2D eigenvalue weighted by molar-refractivity contribution is -0.135. The van der Waals surface area contributed by atoms with E-state index in [-0.39, 0.29) is 11.8 Å². The predicted octanol–water partition coefficient (Wildman–Crippen LogP) is 0.972. The van der Waals surface area contributed by atoms with Crippen molar-refractivity contribution in [2.24, 2.45) is 0 Å². The van der Waals surface area contributed by atoms with E-state index >= 15 is 0 Å². The summed E-state index contributed by atoms with van der Waals surface area (Å²) in [6.45, 7) is 10.8. The summed E-state index contributed by atoms with van der Waals surface area (Å²) < 4.78 is 5.33. The number of piperazine rings is 1. The van der Waals surface area contributed by atoms with Gasteiger partial charge in [-0.3, -0.25) is 19.4 Å². The molecule has 7 heteroatoms. The number of benzene rings is 1. The predicted molar refractivity (Wildman–Crippen MR) is 109 cm³/mol. The molecule has 3 rings (SSSR count). The second kappa shape index (κ2) is 10.0. The van der Waals surface area contributed by atoms with Crippen molar-refractivity contribution in [1.82, 2.24) is 14.7 Å². The largest absolute Gasteiger partial charge is 0.379 e. The minimum atomic E-state index is 0.0112. The maximum absolute atomic E-state index is 12.5. The number of anilines is 1. The molecule has 0 aromatic heterocycles. The fourth-order valence-electron chi connectivity index (χ4n) is 3.79. The van der Waals surface area contributed by atoms with Crippen LogP contribution in [0.4, 0.5) is 5.69 Å². The van der Waals surface area contributed by atoms with Gasteiger partial charge in [0, 0.05) is 45.0 Å². The van der Waals surface area contributed by atoms with Gasteiger partial charge in [0.05, 0.1) is 26.3 Å². The van der Waals surface area contributed by atoms with Crippen LogP contribution in [0.5, 0.6) is 0 Å². The first-order valence-electron chi connectivity index (χ1n) is 10.3. The second-order valence-electron chi connectivity index (χ2n) is 7.56. The fourth-order valence-corrected chi connectivity index (χ4v) is 3.79. The highest BCUT2D eigenvalue weighted by Gasteiger charge is 2.24. The molecule has 2 fully saturated rings. The maximum atomic E-state index is 12.5. The van der Waals surface area contributed by atoms with Crippen LogP contribution < -0.4 is 5.32 Å². The molecule has 0 radical (unpaired) electrons. The van der Waals surface area contributed by atoms with Gasteiger partial charge >= 0.3 is 0 Å². The number of ether oxygens (including phenoxy) is 1. The lowest BCUT2D eigenvalue weighted by Gasteiger charge is -2.36. The Morgan fingerprint density at radius 2 is 1.68 bits per heavy atom. The van der Waals surface area contributed by atoms with E-state index in [0.717, 1.165) is 49.4 Å². The van der Waals surface area contributed by atoms with Gasteiger partial charge in [0.15, 0.2) is 0 Å². The average Bonchev–Trinajstić information content (AvgIpc) is 2.70. The summed E-state index contributed by atoms with van der Waals surface area (Å²) in [4.78, 5) is 31.2. The van der Waals surface area contributed by atoms with E-state index < -0.39 is 0 Å². The van der Waals surface area contributed by atoms with Crippen LogP contribution in [0.2, 0.25) is 0 Å². The van der Waals surface area contributed by atoms with E-state index in [0.29, 0.717) is 39.4 Å². The summed E-state index contributed by atoms with van der Waals surface area (Å²) in [5.74, 6) is 0.190. The minimum Gasteiger partial charge on any atom is -0.379 e. The Balaban J connectivity index is 1.44. The average molecular weight is 389 g/mol. The Morgan fingerprint density at radius 1 is 1.00 bits per heavy atom. The van der Waals surface area contributed by atoms with Gasteiger partial charge in [-0.1, -0.05) is 25.1 Å². The molecule has 2 heterocycles. The summed E-state index contributed by atoms with van der Waals surface area (Å²) in [5.41, 5.74) is 3.19. The van der Waals surface area contributed by atoms with Crippen LogP contribution in [0.25, 0.3) is 0 Å². The molecule has 0 saturated carbocycles. The van der Waals surface area contributed by atoms with Gasteiger partial charge in [-0.25, -0.2) is 0 Å². The number of hydrogen-bond acceptors (Lipinski definition) is 5. The third-order valence-electron chi connectivity index (χ3n) is 5.56. The third-order valence-corrected chi connectivity index (χ3v) is 5.56. The number of amides is 2. The third kappa shape index (κ3) is 5.53. The molecule has 2 aliphatic rings. The number of nitrogens with one attached hydrogen (secondary N) is 1. The second-order valence-corrected chi connectivity index (χ2v) is 7.56. The molecule has 1 N–H and O–H groups in total. The van der Waals surface area contributed by atoms with E-state index in [9.17, 15) is 9.59 Å². The van der Waals surface area contributed by atoms with E-state index in [2.05, 4.69) is 28.1 Å². The van der Waals surface area contributed by atoms with Crippen LogP contribution in [0.3, 0.4) is 0 Å². The van der Waals surface area contributed by atoms with Gasteiger partial charge in [-0.05, 0) is 24.5 Å². The Bertz CT molecular complexity index is 680. The van der Waals surface area contributed by atoms with Crippen LogP contribution in [0, 0.1) is 6.92 Å². The Hall–Kier alpha value is -1.96. The van der Waals surface area contributed by atoms with Crippen molar-refractivity contribution < 1.29 is 14.3 Å². The summed E-state index contributed by atoms with van der Waals surface area (Å²) in [6, 6.07) is 6.10. The van der Waals surface area contributed by atoms with Crippen molar-refractivity contribution in [3.8, 4) is 0 Å². The van der Waals surface area contributed by atoms with Gasteiger partial charge in [0.25, 0.3) is 0 Å². The topological polar surface area (TPSA) is 65.1 Å². The molecule has 28 heavy (non-hydrogen) atoms. The van der Waals surface area contributed by atoms with Gasteiger partial charge in [0.1, 0.15) is 0 Å². The number of morpholine rings is 1. The number of carbonyl (C=O) groups is 2. The zero-order valence-corrected chi connectivity index (χ0v) is 17.1. The molecular weight excluding hydrogens is 356 g/mol. The van der Waals surface area contributed by atoms with Crippen molar-refractivity contribution in [1.29, 1.82) is 0 Å². The zero-order valence-electron chi connectivity index (χ0n) is 17.1. The summed E-state index contributed by atoms with van der Waals surface area (Å²) in [5, 5.41) is 3.09. The summed E-state index contributed by atoms with van der Waals surface area (Å²) >= 11 is 0.